The molecule has 0 heterocycles. The second kappa shape index (κ2) is 11.5. The number of hydrogen-bond acceptors (Lipinski definition) is 6. The van der Waals surface area contributed by atoms with Crippen molar-refractivity contribution in [1.82, 2.24) is 0 Å². The van der Waals surface area contributed by atoms with E-state index in [1.54, 1.807) is 36.4 Å². The number of nitrogens with zero attached hydrogens (tertiary/aromatic N) is 1. The lowest BCUT2D eigenvalue weighted by Gasteiger charge is -2.12. The van der Waals surface area contributed by atoms with Crippen molar-refractivity contribution in [3.05, 3.63) is 54.1 Å². The molecule has 1 aliphatic carbocycles. The minimum atomic E-state index is -3.90. The van der Waals surface area contributed by atoms with Crippen molar-refractivity contribution in [2.45, 2.75) is 50.3 Å². The zero-order valence-electron chi connectivity index (χ0n) is 20.1. The molecule has 3 rings (SSSR count). The summed E-state index contributed by atoms with van der Waals surface area (Å²) in [6, 6.07) is 12.5. The molecular weight excluding hydrogens is 466 g/mol. The number of carbonyl (C=O) groups is 1. The maximum Gasteiger partial charge on any atom is 0.261 e. The molecule has 0 saturated heterocycles. The normalized spacial score (nSPS) is 14.8. The van der Waals surface area contributed by atoms with Gasteiger partial charge in [0.2, 0.25) is 5.91 Å². The highest BCUT2D eigenvalue weighted by molar-refractivity contribution is 7.92. The summed E-state index contributed by atoms with van der Waals surface area (Å²) in [4.78, 5) is 16.4. The van der Waals surface area contributed by atoms with E-state index in [1.807, 2.05) is 6.92 Å². The van der Waals surface area contributed by atoms with Gasteiger partial charge in [-0.3, -0.25) is 14.9 Å². The molecule has 1 fully saturated rings. The monoisotopic (exact) mass is 499 g/mol. The number of unbranched alkanes of at least 4 members (excludes halogenated alkanes) is 2. The topological polar surface area (TPSA) is 147 Å². The molecule has 188 valence electrons. The van der Waals surface area contributed by atoms with Crippen LogP contribution >= 0.6 is 0 Å². The van der Waals surface area contributed by atoms with Crippen LogP contribution in [0.1, 0.15) is 51.0 Å². The van der Waals surface area contributed by atoms with Crippen LogP contribution in [-0.2, 0) is 19.6 Å². The van der Waals surface area contributed by atoms with Gasteiger partial charge >= 0.3 is 0 Å². The quantitative estimate of drug-likeness (QED) is 0.209. The lowest BCUT2D eigenvalue weighted by Crippen LogP contribution is -2.21. The summed E-state index contributed by atoms with van der Waals surface area (Å²) in [6.45, 7) is 2.55. The lowest BCUT2D eigenvalue weighted by atomic mass is 10.1. The number of hydrogen-bond donors (Lipinski definition) is 4. The van der Waals surface area contributed by atoms with Gasteiger partial charge in [0.25, 0.3) is 10.0 Å². The van der Waals surface area contributed by atoms with Crippen LogP contribution in [0.15, 0.2) is 58.4 Å². The van der Waals surface area contributed by atoms with Crippen LogP contribution in [-0.4, -0.2) is 39.7 Å². The van der Waals surface area contributed by atoms with Crippen LogP contribution in [0.4, 0.5) is 11.4 Å². The van der Waals surface area contributed by atoms with Gasteiger partial charge in [0, 0.05) is 28.8 Å². The highest BCUT2D eigenvalue weighted by Crippen LogP contribution is 2.45. The van der Waals surface area contributed by atoms with Crippen LogP contribution in [0, 0.1) is 10.8 Å². The van der Waals surface area contributed by atoms with Crippen molar-refractivity contribution in [3.63, 3.8) is 0 Å². The van der Waals surface area contributed by atoms with E-state index in [4.69, 9.17) is 15.9 Å². The number of amidine groups is 1. The van der Waals surface area contributed by atoms with Gasteiger partial charge in [0.15, 0.2) is 11.7 Å². The van der Waals surface area contributed by atoms with E-state index in [0.29, 0.717) is 35.8 Å². The van der Waals surface area contributed by atoms with E-state index in [0.717, 1.165) is 32.1 Å². The molecule has 0 atom stereocenters. The minimum absolute atomic E-state index is 0.0101. The number of aliphatic imine (C=N–C) groups is 1. The molecule has 0 bridgehead atoms. The van der Waals surface area contributed by atoms with E-state index in [1.165, 1.54) is 19.2 Å². The third-order valence-corrected chi connectivity index (χ3v) is 7.31. The predicted molar refractivity (Wildman–Crippen MR) is 138 cm³/mol. The molecule has 1 saturated carbocycles. The van der Waals surface area contributed by atoms with Gasteiger partial charge in [-0.05, 0) is 68.6 Å². The van der Waals surface area contributed by atoms with E-state index in [9.17, 15) is 13.2 Å². The highest BCUT2D eigenvalue weighted by Gasteiger charge is 2.44. The number of nitrogens with two attached hydrogens (primary N) is 1. The summed E-state index contributed by atoms with van der Waals surface area (Å²) in [5, 5.41) is 11.2. The fourth-order valence-electron chi connectivity index (χ4n) is 3.33. The summed E-state index contributed by atoms with van der Waals surface area (Å²) in [5.74, 6) is 0.309. The van der Waals surface area contributed by atoms with Gasteiger partial charge in [-0.1, -0.05) is 25.5 Å². The molecule has 0 radical (unpaired) electrons. The molecule has 1 aliphatic rings. The van der Waals surface area contributed by atoms with Crippen LogP contribution < -0.4 is 15.8 Å². The standard InChI is InChI=1S/C25H33N5O4S/c1-25(14-15-25)24(31)28-19-10-12-20(13-11-19)30-35(32,33)21-8-6-7-18(17-21)23(27)29-22(34-2)9-4-3-5-16-26/h6-8,10-13,17,27,30H,3-5,9,14-16,26H2,1-2H3,(H,28,31). The third-order valence-electron chi connectivity index (χ3n) is 5.93. The Balaban J connectivity index is 1.66. The molecule has 35 heavy (non-hydrogen) atoms. The smallest absolute Gasteiger partial charge is 0.261 e. The summed E-state index contributed by atoms with van der Waals surface area (Å²) in [7, 11) is -2.40. The molecule has 0 spiro atoms. The fourth-order valence-corrected chi connectivity index (χ4v) is 4.44. The van der Waals surface area contributed by atoms with Crippen LogP contribution in [0.25, 0.3) is 0 Å². The van der Waals surface area contributed by atoms with E-state index in [-0.39, 0.29) is 22.1 Å². The average molecular weight is 500 g/mol. The Labute approximate surface area is 206 Å². The van der Waals surface area contributed by atoms with Gasteiger partial charge in [-0.2, -0.15) is 4.99 Å². The molecule has 9 nitrogen and oxygen atoms in total. The Morgan fingerprint density at radius 2 is 1.80 bits per heavy atom. The van der Waals surface area contributed by atoms with E-state index in [2.05, 4.69) is 15.0 Å². The first-order chi connectivity index (χ1) is 16.7. The first-order valence-electron chi connectivity index (χ1n) is 11.6. The predicted octanol–water partition coefficient (Wildman–Crippen LogP) is 4.12. The minimum Gasteiger partial charge on any atom is -0.484 e. The molecule has 0 unspecified atom stereocenters. The first-order valence-corrected chi connectivity index (χ1v) is 13.1. The molecular formula is C25H33N5O4S. The largest absolute Gasteiger partial charge is 0.484 e. The summed E-state index contributed by atoms with van der Waals surface area (Å²) in [5.41, 5.74) is 6.54. The SMILES string of the molecule is COC(CCCCCN)=NC(=N)c1cccc(S(=O)(=O)Nc2ccc(NC(=O)C3(C)CC3)cc2)c1. The van der Waals surface area contributed by atoms with Crippen LogP contribution in [0.3, 0.4) is 0 Å². The number of sulfonamides is 1. The highest BCUT2D eigenvalue weighted by atomic mass is 32.2. The van der Waals surface area contributed by atoms with Gasteiger partial charge < -0.3 is 15.8 Å². The van der Waals surface area contributed by atoms with Crippen molar-refractivity contribution >= 4 is 39.0 Å². The van der Waals surface area contributed by atoms with Crippen molar-refractivity contribution in [1.29, 1.82) is 5.41 Å². The van der Waals surface area contributed by atoms with Crippen molar-refractivity contribution in [2.75, 3.05) is 23.7 Å². The van der Waals surface area contributed by atoms with Gasteiger partial charge in [0.1, 0.15) is 0 Å². The second-order valence-electron chi connectivity index (χ2n) is 8.88. The number of rotatable bonds is 11. The number of carbonyl (C=O) groups excluding carboxylic acids is 1. The van der Waals surface area contributed by atoms with Crippen molar-refractivity contribution in [2.24, 2.45) is 16.1 Å². The number of benzene rings is 2. The Bertz CT molecular complexity index is 1190. The van der Waals surface area contributed by atoms with Crippen LogP contribution in [0.2, 0.25) is 0 Å². The van der Waals surface area contributed by atoms with Gasteiger partial charge in [-0.15, -0.1) is 0 Å². The number of amides is 1. The lowest BCUT2D eigenvalue weighted by molar-refractivity contribution is -0.120. The van der Waals surface area contributed by atoms with E-state index >= 15 is 0 Å². The third kappa shape index (κ3) is 7.37. The van der Waals surface area contributed by atoms with E-state index < -0.39 is 10.0 Å². The second-order valence-corrected chi connectivity index (χ2v) is 10.6. The molecule has 1 amide bonds. The van der Waals surface area contributed by atoms with Gasteiger partial charge in [-0.25, -0.2) is 8.42 Å². The van der Waals surface area contributed by atoms with Gasteiger partial charge in [0.05, 0.1) is 12.0 Å². The van der Waals surface area contributed by atoms with Crippen LogP contribution in [0.5, 0.6) is 0 Å². The summed E-state index contributed by atoms with van der Waals surface area (Å²) >= 11 is 0. The summed E-state index contributed by atoms with van der Waals surface area (Å²) in [6.07, 6.45) is 5.03. The Hall–Kier alpha value is -3.24. The Morgan fingerprint density at radius 1 is 1.11 bits per heavy atom. The number of ether oxygens (including phenoxy) is 1. The molecule has 0 aromatic heterocycles. The number of anilines is 2. The number of nitrogens with one attached hydrogen (secondary N) is 3. The molecule has 10 heteroatoms. The fraction of sp³-hybridized carbons (Fsp3) is 0.400. The molecule has 2 aromatic carbocycles. The summed E-state index contributed by atoms with van der Waals surface area (Å²) < 4.78 is 33.7. The molecule has 2 aromatic rings. The maximum atomic E-state index is 12.9. The zero-order chi connectivity index (χ0) is 25.5. The Morgan fingerprint density at radius 3 is 2.43 bits per heavy atom. The zero-order valence-corrected chi connectivity index (χ0v) is 21.0. The van der Waals surface area contributed by atoms with Crippen molar-refractivity contribution in [3.8, 4) is 0 Å². The molecule has 5 N–H and O–H groups in total. The molecule has 0 aliphatic heterocycles. The first kappa shape index (κ1) is 26.4. The number of methoxy groups -OCH3 is 1. The average Bonchev–Trinajstić information content (AvgIpc) is 3.60. The van der Waals surface area contributed by atoms with Crippen molar-refractivity contribution < 1.29 is 17.9 Å². The Kier molecular flexibility index (Phi) is 8.63. The maximum absolute atomic E-state index is 12.9.